The summed E-state index contributed by atoms with van der Waals surface area (Å²) in [6.07, 6.45) is 31.3. The lowest BCUT2D eigenvalue weighted by Crippen LogP contribution is -2.51. The topological polar surface area (TPSA) is 0 Å². The zero-order valence-electron chi connectivity index (χ0n) is 33.5. The van der Waals surface area contributed by atoms with E-state index in [0.717, 1.165) is 107 Å². The Hall–Kier alpha value is 0. The highest BCUT2D eigenvalue weighted by atomic mass is 14.8. The molecule has 48 heavy (non-hydrogen) atoms. The fourth-order valence-corrected chi connectivity index (χ4v) is 18.7. The molecule has 15 unspecified atom stereocenters. The highest BCUT2D eigenvalue weighted by Crippen LogP contribution is 2.79. The van der Waals surface area contributed by atoms with E-state index in [0.29, 0.717) is 10.8 Å². The van der Waals surface area contributed by atoms with Crippen LogP contribution in [0.15, 0.2) is 0 Å². The van der Waals surface area contributed by atoms with E-state index in [1.807, 2.05) is 0 Å². The Kier molecular flexibility index (Phi) is 9.82. The van der Waals surface area contributed by atoms with Crippen molar-refractivity contribution in [1.29, 1.82) is 0 Å². The predicted molar refractivity (Wildman–Crippen MR) is 205 cm³/mol. The predicted octanol–water partition coefficient (Wildman–Crippen LogP) is 14.1. The summed E-state index contributed by atoms with van der Waals surface area (Å²) >= 11 is 0. The van der Waals surface area contributed by atoms with Crippen LogP contribution in [0.3, 0.4) is 0 Å². The van der Waals surface area contributed by atoms with Gasteiger partial charge >= 0.3 is 0 Å². The van der Waals surface area contributed by atoms with E-state index < -0.39 is 0 Å². The molecule has 0 aromatic rings. The standard InChI is InChI=1S/C48H82/c1-9-30(10-2)34-23-35(31(11-3)12-4)28-48(27-34)42-22-21-41-44(39-24-32-17-13-14-18-33(32)25-43(39)47(41,7)8)45(42)40-26-38(29(5)6)36-19-15-16-20-37(36)46(40)48/h29-46H,9-28H2,1-8H3. The molecule has 8 saturated carbocycles. The molecular weight excluding hydrogens is 577 g/mol. The summed E-state index contributed by atoms with van der Waals surface area (Å²) in [6.45, 7) is 21.3. The fourth-order valence-electron chi connectivity index (χ4n) is 18.7. The first kappa shape index (κ1) is 35.1. The van der Waals surface area contributed by atoms with Gasteiger partial charge in [-0.3, -0.25) is 0 Å². The Morgan fingerprint density at radius 3 is 1.67 bits per heavy atom. The molecule has 15 atom stereocenters. The molecule has 0 heteroatoms. The Morgan fingerprint density at radius 2 is 1.06 bits per heavy atom. The minimum atomic E-state index is 0.579. The Balaban J connectivity index is 1.26. The first-order valence-corrected chi connectivity index (χ1v) is 23.2. The van der Waals surface area contributed by atoms with Gasteiger partial charge in [0, 0.05) is 0 Å². The Bertz CT molecular complexity index is 1070. The van der Waals surface area contributed by atoms with Crippen LogP contribution < -0.4 is 0 Å². The minimum absolute atomic E-state index is 0.579. The second-order valence-electron chi connectivity index (χ2n) is 21.8. The molecule has 0 aliphatic heterocycles. The lowest BCUT2D eigenvalue weighted by Gasteiger charge is -2.59. The van der Waals surface area contributed by atoms with E-state index in [9.17, 15) is 0 Å². The van der Waals surface area contributed by atoms with Crippen molar-refractivity contribution in [3.05, 3.63) is 0 Å². The number of fused-ring (bicyclic) bond motifs is 12. The monoisotopic (exact) mass is 659 g/mol. The van der Waals surface area contributed by atoms with Crippen LogP contribution in [0.5, 0.6) is 0 Å². The highest BCUT2D eigenvalue weighted by molar-refractivity contribution is 5.20. The van der Waals surface area contributed by atoms with Crippen LogP contribution in [-0.4, -0.2) is 0 Å². The summed E-state index contributed by atoms with van der Waals surface area (Å²) in [7, 11) is 0. The first-order valence-electron chi connectivity index (χ1n) is 23.2. The van der Waals surface area contributed by atoms with Crippen molar-refractivity contribution in [2.24, 2.45) is 117 Å². The van der Waals surface area contributed by atoms with Crippen LogP contribution in [0, 0.1) is 117 Å². The third kappa shape index (κ3) is 5.27. The quantitative estimate of drug-likeness (QED) is 0.255. The molecule has 0 bridgehead atoms. The molecule has 0 radical (unpaired) electrons. The molecular formula is C48H82. The normalized spacial score (nSPS) is 50.9. The van der Waals surface area contributed by atoms with Crippen LogP contribution >= 0.6 is 0 Å². The van der Waals surface area contributed by atoms with Crippen molar-refractivity contribution >= 4 is 0 Å². The van der Waals surface area contributed by atoms with Gasteiger partial charge in [-0.25, -0.2) is 0 Å². The Morgan fingerprint density at radius 1 is 0.521 bits per heavy atom. The van der Waals surface area contributed by atoms with Crippen LogP contribution in [0.2, 0.25) is 0 Å². The van der Waals surface area contributed by atoms with Crippen molar-refractivity contribution in [1.82, 2.24) is 0 Å². The maximum atomic E-state index is 2.84. The summed E-state index contributed by atoms with van der Waals surface area (Å²) in [5.74, 6) is 18.6. The van der Waals surface area contributed by atoms with Crippen molar-refractivity contribution in [3.63, 3.8) is 0 Å². The lowest BCUT2D eigenvalue weighted by atomic mass is 9.46. The maximum Gasteiger partial charge on any atom is -0.0227 e. The molecule has 0 saturated heterocycles. The summed E-state index contributed by atoms with van der Waals surface area (Å²) in [5, 5.41) is 0. The third-order valence-electron chi connectivity index (χ3n) is 20.2. The second-order valence-corrected chi connectivity index (χ2v) is 21.8. The van der Waals surface area contributed by atoms with E-state index >= 15 is 0 Å². The van der Waals surface area contributed by atoms with Gasteiger partial charge in [0.1, 0.15) is 0 Å². The molecule has 0 amide bonds. The maximum absolute atomic E-state index is 2.84. The van der Waals surface area contributed by atoms with Crippen molar-refractivity contribution in [2.75, 3.05) is 0 Å². The lowest BCUT2D eigenvalue weighted by molar-refractivity contribution is -0.0978. The SMILES string of the molecule is CCC(CC)C1CC(C(CC)CC)CC2(C1)C1CCC3C(C4CC5CCCCC5CC4C3(C)C)C1C1CC(C(C)C)C3CCCCC3C12. The third-order valence-corrected chi connectivity index (χ3v) is 20.2. The van der Waals surface area contributed by atoms with Gasteiger partial charge in [0.15, 0.2) is 0 Å². The molecule has 0 nitrogen and oxygen atoms in total. The van der Waals surface area contributed by atoms with E-state index in [4.69, 9.17) is 0 Å². The molecule has 0 heterocycles. The van der Waals surface area contributed by atoms with Gasteiger partial charge in [0.2, 0.25) is 0 Å². The van der Waals surface area contributed by atoms with Crippen LogP contribution in [0.4, 0.5) is 0 Å². The average molecular weight is 659 g/mol. The van der Waals surface area contributed by atoms with Gasteiger partial charge in [-0.05, 0) is 182 Å². The van der Waals surface area contributed by atoms with Crippen molar-refractivity contribution in [2.45, 2.75) is 184 Å². The molecule has 8 rings (SSSR count). The largest absolute Gasteiger partial charge is 0.0651 e. The van der Waals surface area contributed by atoms with Crippen molar-refractivity contribution < 1.29 is 0 Å². The van der Waals surface area contributed by atoms with Gasteiger partial charge in [-0.15, -0.1) is 0 Å². The molecule has 0 N–H and O–H groups in total. The second kappa shape index (κ2) is 13.4. The molecule has 8 aliphatic rings. The molecule has 0 aromatic carbocycles. The zero-order valence-corrected chi connectivity index (χ0v) is 33.5. The van der Waals surface area contributed by atoms with E-state index in [1.54, 1.807) is 96.3 Å². The highest BCUT2D eigenvalue weighted by Gasteiger charge is 2.72. The molecule has 8 aliphatic carbocycles. The van der Waals surface area contributed by atoms with Gasteiger partial charge in [-0.2, -0.15) is 0 Å². The van der Waals surface area contributed by atoms with Crippen LogP contribution in [0.25, 0.3) is 0 Å². The summed E-state index contributed by atoms with van der Waals surface area (Å²) in [4.78, 5) is 0. The van der Waals surface area contributed by atoms with Crippen molar-refractivity contribution in [3.8, 4) is 0 Å². The van der Waals surface area contributed by atoms with E-state index in [-0.39, 0.29) is 0 Å². The van der Waals surface area contributed by atoms with Gasteiger partial charge in [0.25, 0.3) is 0 Å². The van der Waals surface area contributed by atoms with Crippen LogP contribution in [0.1, 0.15) is 184 Å². The van der Waals surface area contributed by atoms with Gasteiger partial charge in [0.05, 0.1) is 0 Å². The Labute approximate surface area is 300 Å². The van der Waals surface area contributed by atoms with Gasteiger partial charge in [-0.1, -0.05) is 120 Å². The van der Waals surface area contributed by atoms with E-state index in [2.05, 4.69) is 55.4 Å². The number of hydrogen-bond donors (Lipinski definition) is 0. The zero-order chi connectivity index (χ0) is 33.5. The van der Waals surface area contributed by atoms with Gasteiger partial charge < -0.3 is 0 Å². The molecule has 1 spiro atoms. The summed E-state index contributed by atoms with van der Waals surface area (Å²) in [5.41, 5.74) is 1.25. The smallest absolute Gasteiger partial charge is 0.0227 e. The number of hydrogen-bond acceptors (Lipinski definition) is 0. The number of rotatable bonds is 7. The molecule has 0 aromatic heterocycles. The molecule has 8 fully saturated rings. The van der Waals surface area contributed by atoms with Crippen LogP contribution in [-0.2, 0) is 0 Å². The summed E-state index contributed by atoms with van der Waals surface area (Å²) in [6, 6.07) is 0. The average Bonchev–Trinajstić information content (AvgIpc) is 3.48. The fraction of sp³-hybridized carbons (Fsp3) is 1.00. The summed E-state index contributed by atoms with van der Waals surface area (Å²) < 4.78 is 0. The minimum Gasteiger partial charge on any atom is -0.0651 e. The first-order chi connectivity index (χ1) is 23.2. The molecule has 274 valence electrons. The van der Waals surface area contributed by atoms with E-state index in [1.165, 1.54) is 32.1 Å².